The summed E-state index contributed by atoms with van der Waals surface area (Å²) in [4.78, 5) is 19.9. The second kappa shape index (κ2) is 5.40. The van der Waals surface area contributed by atoms with Gasteiger partial charge < -0.3 is 14.8 Å². The summed E-state index contributed by atoms with van der Waals surface area (Å²) in [5.74, 6) is 0.148. The molecule has 0 unspecified atom stereocenters. The lowest BCUT2D eigenvalue weighted by Gasteiger charge is -2.11. The topological polar surface area (TPSA) is 72.8 Å². The number of methoxy groups -OCH3 is 1. The number of pyridine rings is 1. The van der Waals surface area contributed by atoms with Crippen molar-refractivity contribution in [3.63, 3.8) is 0 Å². The van der Waals surface area contributed by atoms with E-state index in [0.717, 1.165) is 0 Å². The first kappa shape index (κ1) is 11.5. The zero-order chi connectivity index (χ0) is 12.1. The molecule has 0 saturated carbocycles. The van der Waals surface area contributed by atoms with Gasteiger partial charge in [-0.15, -0.1) is 0 Å². The van der Waals surface area contributed by atoms with Gasteiger partial charge in [0.15, 0.2) is 0 Å². The SMILES string of the molecule is COCCNC(=O)c1ccc2c(n1)OCC=N2. The molecule has 2 heterocycles. The van der Waals surface area contributed by atoms with Crippen molar-refractivity contribution in [3.8, 4) is 5.88 Å². The van der Waals surface area contributed by atoms with E-state index in [-0.39, 0.29) is 5.91 Å². The maximum Gasteiger partial charge on any atom is 0.270 e. The molecule has 0 saturated heterocycles. The maximum atomic E-state index is 11.7. The van der Waals surface area contributed by atoms with Gasteiger partial charge >= 0.3 is 0 Å². The second-order valence-electron chi connectivity index (χ2n) is 3.39. The molecule has 1 aromatic rings. The van der Waals surface area contributed by atoms with Crippen molar-refractivity contribution < 1.29 is 14.3 Å². The third-order valence-electron chi connectivity index (χ3n) is 2.19. The number of amides is 1. The number of fused-ring (bicyclic) bond motifs is 1. The Morgan fingerprint density at radius 1 is 1.59 bits per heavy atom. The molecule has 0 radical (unpaired) electrons. The molecule has 1 amide bonds. The summed E-state index contributed by atoms with van der Waals surface area (Å²) in [6.07, 6.45) is 1.66. The molecule has 1 aliphatic heterocycles. The number of carbonyl (C=O) groups excluding carboxylic acids is 1. The number of nitrogens with zero attached hydrogens (tertiary/aromatic N) is 2. The van der Waals surface area contributed by atoms with E-state index in [9.17, 15) is 4.79 Å². The van der Waals surface area contributed by atoms with Crippen LogP contribution >= 0.6 is 0 Å². The van der Waals surface area contributed by atoms with Gasteiger partial charge in [0.2, 0.25) is 5.88 Å². The van der Waals surface area contributed by atoms with Gasteiger partial charge in [-0.05, 0) is 12.1 Å². The summed E-state index contributed by atoms with van der Waals surface area (Å²) in [5.41, 5.74) is 0.960. The number of carbonyl (C=O) groups is 1. The molecule has 90 valence electrons. The Morgan fingerprint density at radius 3 is 3.29 bits per heavy atom. The molecule has 1 N–H and O–H groups in total. The van der Waals surface area contributed by atoms with E-state index in [2.05, 4.69) is 15.3 Å². The quantitative estimate of drug-likeness (QED) is 0.773. The zero-order valence-corrected chi connectivity index (χ0v) is 9.47. The van der Waals surface area contributed by atoms with Gasteiger partial charge in [-0.2, -0.15) is 0 Å². The lowest BCUT2D eigenvalue weighted by molar-refractivity contribution is 0.0931. The maximum absolute atomic E-state index is 11.7. The van der Waals surface area contributed by atoms with Gasteiger partial charge in [0.05, 0.1) is 6.61 Å². The van der Waals surface area contributed by atoms with Gasteiger partial charge in [-0.1, -0.05) is 0 Å². The molecule has 0 atom stereocenters. The largest absolute Gasteiger partial charge is 0.470 e. The highest BCUT2D eigenvalue weighted by Crippen LogP contribution is 2.26. The first-order chi connectivity index (χ1) is 8.31. The summed E-state index contributed by atoms with van der Waals surface area (Å²) >= 11 is 0. The Hall–Kier alpha value is -1.95. The predicted octanol–water partition coefficient (Wildman–Crippen LogP) is 0.552. The summed E-state index contributed by atoms with van der Waals surface area (Å²) in [6.45, 7) is 1.30. The smallest absolute Gasteiger partial charge is 0.270 e. The predicted molar refractivity (Wildman–Crippen MR) is 62.1 cm³/mol. The molecule has 1 aliphatic rings. The van der Waals surface area contributed by atoms with E-state index in [1.807, 2.05) is 0 Å². The molecular weight excluding hydrogens is 222 g/mol. The normalized spacial score (nSPS) is 12.8. The van der Waals surface area contributed by atoms with Crippen molar-refractivity contribution in [3.05, 3.63) is 17.8 Å². The Bertz CT molecular complexity index is 446. The van der Waals surface area contributed by atoms with Crippen LogP contribution in [0.25, 0.3) is 0 Å². The molecule has 0 aromatic carbocycles. The van der Waals surface area contributed by atoms with E-state index < -0.39 is 0 Å². The van der Waals surface area contributed by atoms with Crippen LogP contribution in [0.1, 0.15) is 10.5 Å². The van der Waals surface area contributed by atoms with Crippen molar-refractivity contribution in [2.75, 3.05) is 26.9 Å². The minimum absolute atomic E-state index is 0.247. The number of ether oxygens (including phenoxy) is 2. The van der Waals surface area contributed by atoms with Crippen molar-refractivity contribution in [1.82, 2.24) is 10.3 Å². The molecule has 0 aliphatic carbocycles. The Balaban J connectivity index is 2.06. The molecule has 6 heteroatoms. The highest BCUT2D eigenvalue weighted by molar-refractivity contribution is 5.92. The van der Waals surface area contributed by atoms with Crippen LogP contribution in [-0.4, -0.2) is 44.0 Å². The average Bonchev–Trinajstić information content (AvgIpc) is 2.38. The number of rotatable bonds is 4. The third kappa shape index (κ3) is 2.79. The molecule has 2 rings (SSSR count). The zero-order valence-electron chi connectivity index (χ0n) is 9.47. The van der Waals surface area contributed by atoms with Crippen molar-refractivity contribution in [2.45, 2.75) is 0 Å². The van der Waals surface area contributed by atoms with Crippen LogP contribution in [-0.2, 0) is 4.74 Å². The van der Waals surface area contributed by atoms with Gasteiger partial charge in [0.25, 0.3) is 5.91 Å². The minimum Gasteiger partial charge on any atom is -0.470 e. The number of nitrogens with one attached hydrogen (secondary N) is 1. The van der Waals surface area contributed by atoms with E-state index in [4.69, 9.17) is 9.47 Å². The van der Waals surface area contributed by atoms with Crippen LogP contribution in [0.5, 0.6) is 5.88 Å². The van der Waals surface area contributed by atoms with Gasteiger partial charge in [-0.25, -0.2) is 4.98 Å². The molecular formula is C11H13N3O3. The van der Waals surface area contributed by atoms with Gasteiger partial charge in [-0.3, -0.25) is 9.79 Å². The Labute approximate surface area is 98.7 Å². The second-order valence-corrected chi connectivity index (χ2v) is 3.39. The Kier molecular flexibility index (Phi) is 3.66. The van der Waals surface area contributed by atoms with E-state index in [1.165, 1.54) is 0 Å². The number of hydrogen-bond donors (Lipinski definition) is 1. The van der Waals surface area contributed by atoms with Crippen molar-refractivity contribution in [2.24, 2.45) is 4.99 Å². The monoisotopic (exact) mass is 235 g/mol. The lowest BCUT2D eigenvalue weighted by atomic mass is 10.3. The van der Waals surface area contributed by atoms with Crippen LogP contribution in [0.4, 0.5) is 5.69 Å². The first-order valence-corrected chi connectivity index (χ1v) is 5.25. The molecule has 0 spiro atoms. The summed E-state index contributed by atoms with van der Waals surface area (Å²) in [5, 5.41) is 2.69. The van der Waals surface area contributed by atoms with Crippen LogP contribution in [0.15, 0.2) is 17.1 Å². The van der Waals surface area contributed by atoms with Crippen LogP contribution < -0.4 is 10.1 Å². The standard InChI is InChI=1S/C11H13N3O3/c1-16-6-4-13-10(15)8-2-3-9-11(14-8)17-7-5-12-9/h2-3,5H,4,6-7H2,1H3,(H,13,15). The number of hydrogen-bond acceptors (Lipinski definition) is 5. The third-order valence-corrected chi connectivity index (χ3v) is 2.19. The van der Waals surface area contributed by atoms with E-state index >= 15 is 0 Å². The van der Waals surface area contributed by atoms with Gasteiger partial charge in [0.1, 0.15) is 18.0 Å². The fourth-order valence-electron chi connectivity index (χ4n) is 1.37. The average molecular weight is 235 g/mol. The van der Waals surface area contributed by atoms with Crippen molar-refractivity contribution >= 4 is 17.8 Å². The minimum atomic E-state index is -0.247. The molecule has 0 bridgehead atoms. The van der Waals surface area contributed by atoms with E-state index in [1.54, 1.807) is 25.5 Å². The highest BCUT2D eigenvalue weighted by Gasteiger charge is 2.13. The first-order valence-electron chi connectivity index (χ1n) is 5.25. The van der Waals surface area contributed by atoms with Crippen LogP contribution in [0.3, 0.4) is 0 Å². The Morgan fingerprint density at radius 2 is 2.47 bits per heavy atom. The van der Waals surface area contributed by atoms with Crippen molar-refractivity contribution in [1.29, 1.82) is 0 Å². The fourth-order valence-corrected chi connectivity index (χ4v) is 1.37. The number of aliphatic imine (C=N–C) groups is 1. The summed E-state index contributed by atoms with van der Waals surface area (Å²) in [7, 11) is 1.58. The highest BCUT2D eigenvalue weighted by atomic mass is 16.5. The fraction of sp³-hybridized carbons (Fsp3) is 0.364. The molecule has 17 heavy (non-hydrogen) atoms. The summed E-state index contributed by atoms with van der Waals surface area (Å²) < 4.78 is 10.1. The van der Waals surface area contributed by atoms with Crippen LogP contribution in [0, 0.1) is 0 Å². The molecule has 0 fully saturated rings. The lowest BCUT2D eigenvalue weighted by Crippen LogP contribution is -2.27. The molecule has 1 aromatic heterocycles. The molecule has 6 nitrogen and oxygen atoms in total. The summed E-state index contributed by atoms with van der Waals surface area (Å²) in [6, 6.07) is 3.33. The number of aromatic nitrogens is 1. The van der Waals surface area contributed by atoms with E-state index in [0.29, 0.717) is 37.0 Å². The van der Waals surface area contributed by atoms with Gasteiger partial charge in [0, 0.05) is 19.9 Å². The van der Waals surface area contributed by atoms with Crippen LogP contribution in [0.2, 0.25) is 0 Å².